The SMILES string of the molecule is O=C(O[C@@H]1C=CO[C@H](CO)[C@H]1O)c1ccccc1. The second-order valence-electron chi connectivity index (χ2n) is 3.91. The first-order valence-electron chi connectivity index (χ1n) is 5.59. The van der Waals surface area contributed by atoms with Crippen LogP contribution in [0.15, 0.2) is 42.7 Å². The van der Waals surface area contributed by atoms with Gasteiger partial charge in [0.25, 0.3) is 0 Å². The summed E-state index contributed by atoms with van der Waals surface area (Å²) in [7, 11) is 0. The van der Waals surface area contributed by atoms with Crippen LogP contribution in [-0.4, -0.2) is 41.1 Å². The Kier molecular flexibility index (Phi) is 3.96. The monoisotopic (exact) mass is 250 g/mol. The van der Waals surface area contributed by atoms with Crippen LogP contribution < -0.4 is 0 Å². The van der Waals surface area contributed by atoms with Crippen molar-refractivity contribution >= 4 is 5.97 Å². The maximum Gasteiger partial charge on any atom is 0.338 e. The molecule has 0 bridgehead atoms. The molecule has 0 saturated carbocycles. The van der Waals surface area contributed by atoms with E-state index < -0.39 is 24.3 Å². The lowest BCUT2D eigenvalue weighted by atomic mass is 10.1. The first-order chi connectivity index (χ1) is 8.72. The molecule has 0 radical (unpaired) electrons. The van der Waals surface area contributed by atoms with E-state index in [1.165, 1.54) is 12.3 Å². The molecule has 2 rings (SSSR count). The molecule has 0 fully saturated rings. The molecule has 2 N–H and O–H groups in total. The Morgan fingerprint density at radius 2 is 2.06 bits per heavy atom. The van der Waals surface area contributed by atoms with E-state index in [0.29, 0.717) is 5.56 Å². The average molecular weight is 250 g/mol. The molecule has 0 spiro atoms. The number of rotatable bonds is 3. The number of benzene rings is 1. The quantitative estimate of drug-likeness (QED) is 0.763. The molecule has 18 heavy (non-hydrogen) atoms. The predicted octanol–water partition coefficient (Wildman–Crippen LogP) is 0.478. The maximum atomic E-state index is 11.8. The van der Waals surface area contributed by atoms with Gasteiger partial charge in [-0.25, -0.2) is 4.79 Å². The number of carbonyl (C=O) groups excluding carboxylic acids is 1. The fraction of sp³-hybridized carbons (Fsp3) is 0.308. The van der Waals surface area contributed by atoms with Crippen molar-refractivity contribution in [3.05, 3.63) is 48.2 Å². The molecule has 5 heteroatoms. The Labute approximate surface area is 104 Å². The summed E-state index contributed by atoms with van der Waals surface area (Å²) in [5, 5.41) is 18.8. The molecule has 3 atom stereocenters. The summed E-state index contributed by atoms with van der Waals surface area (Å²) >= 11 is 0. The molecule has 1 aromatic rings. The number of ether oxygens (including phenoxy) is 2. The van der Waals surface area contributed by atoms with Crippen molar-refractivity contribution in [2.45, 2.75) is 18.3 Å². The van der Waals surface area contributed by atoms with Gasteiger partial charge in [0, 0.05) is 0 Å². The highest BCUT2D eigenvalue weighted by Gasteiger charge is 2.32. The summed E-state index contributed by atoms with van der Waals surface area (Å²) in [4.78, 5) is 11.8. The van der Waals surface area contributed by atoms with Gasteiger partial charge in [0.2, 0.25) is 0 Å². The molecule has 0 saturated heterocycles. The van der Waals surface area contributed by atoms with Crippen molar-refractivity contribution in [3.8, 4) is 0 Å². The first kappa shape index (κ1) is 12.6. The van der Waals surface area contributed by atoms with Crippen LogP contribution in [0, 0.1) is 0 Å². The van der Waals surface area contributed by atoms with Crippen LogP contribution in [0.4, 0.5) is 0 Å². The summed E-state index contributed by atoms with van der Waals surface area (Å²) in [6.07, 6.45) is 0.0913. The van der Waals surface area contributed by atoms with E-state index in [1.807, 2.05) is 0 Å². The van der Waals surface area contributed by atoms with Gasteiger partial charge in [-0.05, 0) is 18.2 Å². The van der Waals surface area contributed by atoms with Crippen LogP contribution in [0.2, 0.25) is 0 Å². The molecule has 0 aliphatic carbocycles. The molecule has 0 aromatic heterocycles. The Bertz CT molecular complexity index is 428. The zero-order valence-corrected chi connectivity index (χ0v) is 9.60. The van der Waals surface area contributed by atoms with Gasteiger partial charge in [-0.1, -0.05) is 18.2 Å². The topological polar surface area (TPSA) is 76.0 Å². The number of hydrogen-bond donors (Lipinski definition) is 2. The fourth-order valence-electron chi connectivity index (χ4n) is 1.66. The Hall–Kier alpha value is -1.85. The Balaban J connectivity index is 2.03. The number of esters is 1. The number of aliphatic hydroxyl groups is 2. The predicted molar refractivity (Wildman–Crippen MR) is 62.8 cm³/mol. The van der Waals surface area contributed by atoms with Gasteiger partial charge >= 0.3 is 5.97 Å². The number of hydrogen-bond acceptors (Lipinski definition) is 5. The molecular formula is C13H14O5. The van der Waals surface area contributed by atoms with Crippen LogP contribution >= 0.6 is 0 Å². The lowest BCUT2D eigenvalue weighted by Crippen LogP contribution is -2.44. The van der Waals surface area contributed by atoms with E-state index >= 15 is 0 Å². The van der Waals surface area contributed by atoms with E-state index in [0.717, 1.165) is 0 Å². The van der Waals surface area contributed by atoms with Gasteiger partial charge in [0.1, 0.15) is 6.10 Å². The lowest BCUT2D eigenvalue weighted by Gasteiger charge is -2.29. The van der Waals surface area contributed by atoms with Crippen molar-refractivity contribution in [1.29, 1.82) is 0 Å². The summed E-state index contributed by atoms with van der Waals surface area (Å²) in [5.41, 5.74) is 0.408. The Morgan fingerprint density at radius 1 is 1.33 bits per heavy atom. The lowest BCUT2D eigenvalue weighted by molar-refractivity contribution is -0.0871. The number of carbonyl (C=O) groups is 1. The maximum absolute atomic E-state index is 11.8. The zero-order valence-electron chi connectivity index (χ0n) is 9.60. The van der Waals surface area contributed by atoms with Crippen LogP contribution in [-0.2, 0) is 9.47 Å². The molecule has 1 aliphatic rings. The smallest absolute Gasteiger partial charge is 0.338 e. The van der Waals surface area contributed by atoms with E-state index in [4.69, 9.17) is 14.6 Å². The van der Waals surface area contributed by atoms with E-state index in [9.17, 15) is 9.90 Å². The van der Waals surface area contributed by atoms with Crippen LogP contribution in [0.25, 0.3) is 0 Å². The second kappa shape index (κ2) is 5.66. The Morgan fingerprint density at radius 3 is 2.72 bits per heavy atom. The molecule has 0 amide bonds. The molecule has 5 nitrogen and oxygen atoms in total. The molecular weight excluding hydrogens is 236 g/mol. The highest BCUT2D eigenvalue weighted by molar-refractivity contribution is 5.89. The van der Waals surface area contributed by atoms with Crippen molar-refractivity contribution < 1.29 is 24.5 Å². The summed E-state index contributed by atoms with van der Waals surface area (Å²) < 4.78 is 10.1. The molecule has 1 heterocycles. The van der Waals surface area contributed by atoms with Gasteiger partial charge in [0.15, 0.2) is 12.2 Å². The van der Waals surface area contributed by atoms with Gasteiger partial charge in [0.05, 0.1) is 18.4 Å². The normalized spacial score (nSPS) is 26.4. The first-order valence-corrected chi connectivity index (χ1v) is 5.59. The zero-order chi connectivity index (χ0) is 13.0. The fourth-order valence-corrected chi connectivity index (χ4v) is 1.66. The molecule has 1 aliphatic heterocycles. The third-order valence-corrected chi connectivity index (χ3v) is 2.67. The average Bonchev–Trinajstić information content (AvgIpc) is 2.42. The van der Waals surface area contributed by atoms with E-state index in [2.05, 4.69) is 0 Å². The third-order valence-electron chi connectivity index (χ3n) is 2.67. The van der Waals surface area contributed by atoms with Gasteiger partial charge in [-0.15, -0.1) is 0 Å². The highest BCUT2D eigenvalue weighted by atomic mass is 16.6. The second-order valence-corrected chi connectivity index (χ2v) is 3.91. The van der Waals surface area contributed by atoms with Crippen molar-refractivity contribution in [2.75, 3.05) is 6.61 Å². The highest BCUT2D eigenvalue weighted by Crippen LogP contribution is 2.16. The van der Waals surface area contributed by atoms with Gasteiger partial charge in [-0.3, -0.25) is 0 Å². The molecule has 96 valence electrons. The van der Waals surface area contributed by atoms with E-state index in [1.54, 1.807) is 30.3 Å². The summed E-state index contributed by atoms with van der Waals surface area (Å²) in [6, 6.07) is 8.50. The van der Waals surface area contributed by atoms with Crippen molar-refractivity contribution in [2.24, 2.45) is 0 Å². The summed E-state index contributed by atoms with van der Waals surface area (Å²) in [6.45, 7) is -0.342. The molecule has 0 unspecified atom stereocenters. The van der Waals surface area contributed by atoms with Gasteiger partial charge in [-0.2, -0.15) is 0 Å². The van der Waals surface area contributed by atoms with Gasteiger partial charge < -0.3 is 19.7 Å². The van der Waals surface area contributed by atoms with Crippen LogP contribution in [0.5, 0.6) is 0 Å². The minimum absolute atomic E-state index is 0.342. The minimum Gasteiger partial charge on any atom is -0.493 e. The van der Waals surface area contributed by atoms with E-state index in [-0.39, 0.29) is 6.61 Å². The van der Waals surface area contributed by atoms with Crippen molar-refractivity contribution in [1.82, 2.24) is 0 Å². The largest absolute Gasteiger partial charge is 0.493 e. The van der Waals surface area contributed by atoms with Crippen LogP contribution in [0.1, 0.15) is 10.4 Å². The third kappa shape index (κ3) is 2.69. The number of aliphatic hydroxyl groups excluding tert-OH is 2. The van der Waals surface area contributed by atoms with Crippen LogP contribution in [0.3, 0.4) is 0 Å². The minimum atomic E-state index is -1.08. The molecule has 1 aromatic carbocycles. The standard InChI is InChI=1S/C13H14O5/c14-8-11-12(15)10(6-7-17-11)18-13(16)9-4-2-1-3-5-9/h1-7,10-12,14-15H,8H2/t10-,11-,12+/m1/s1. The summed E-state index contributed by atoms with van der Waals surface area (Å²) in [5.74, 6) is -0.525. The van der Waals surface area contributed by atoms with Crippen molar-refractivity contribution in [3.63, 3.8) is 0 Å².